The van der Waals surface area contributed by atoms with Crippen LogP contribution in [0.2, 0.25) is 19.6 Å². The van der Waals surface area contributed by atoms with Crippen LogP contribution in [0.5, 0.6) is 0 Å². The molecule has 0 aromatic heterocycles. The smallest absolute Gasteiger partial charge is 0.313 e. The molecule has 0 N–H and O–H groups in total. The summed E-state index contributed by atoms with van der Waals surface area (Å²) in [6.45, 7) is 9.21. The first-order chi connectivity index (χ1) is 7.94. The molecule has 0 radical (unpaired) electrons. The molecular weight excluding hydrogens is 228 g/mol. The molecule has 1 atom stereocenters. The van der Waals surface area contributed by atoms with E-state index >= 15 is 0 Å². The second-order valence-corrected chi connectivity index (χ2v) is 10.3. The van der Waals surface area contributed by atoms with Gasteiger partial charge < -0.3 is 4.74 Å². The van der Waals surface area contributed by atoms with Crippen molar-refractivity contribution in [1.82, 2.24) is 0 Å². The van der Waals surface area contributed by atoms with Crippen molar-refractivity contribution in [2.45, 2.75) is 45.8 Å². The maximum atomic E-state index is 11.5. The summed E-state index contributed by atoms with van der Waals surface area (Å²) in [6, 6.07) is 0. The molecule has 1 heterocycles. The monoisotopic (exact) mass is 250 g/mol. The zero-order chi connectivity index (χ0) is 12.9. The fourth-order valence-electron chi connectivity index (χ4n) is 1.71. The van der Waals surface area contributed by atoms with Gasteiger partial charge in [-0.3, -0.25) is 4.79 Å². The minimum absolute atomic E-state index is 0.0362. The molecule has 1 fully saturated rings. The van der Waals surface area contributed by atoms with Gasteiger partial charge in [0.25, 0.3) is 0 Å². The standard InChI is InChI=1S/C14H22O2Si/c1-5-6-9-13-12(11-16-14(13)15)8-7-10-17(2,3)4/h8,13H,5-6,9,11H2,1-4H3/b12-8-. The summed E-state index contributed by atoms with van der Waals surface area (Å²) in [6.07, 6.45) is 4.98. The number of hydrogen-bond acceptors (Lipinski definition) is 2. The van der Waals surface area contributed by atoms with Crippen molar-refractivity contribution >= 4 is 14.0 Å². The van der Waals surface area contributed by atoms with Crippen LogP contribution in [0.15, 0.2) is 11.6 Å². The Morgan fingerprint density at radius 2 is 2.18 bits per heavy atom. The second kappa shape index (κ2) is 6.06. The van der Waals surface area contributed by atoms with Gasteiger partial charge in [0.05, 0.1) is 5.92 Å². The summed E-state index contributed by atoms with van der Waals surface area (Å²) in [4.78, 5) is 11.5. The van der Waals surface area contributed by atoms with Crippen molar-refractivity contribution in [3.05, 3.63) is 11.6 Å². The van der Waals surface area contributed by atoms with E-state index in [0.29, 0.717) is 6.61 Å². The average molecular weight is 250 g/mol. The van der Waals surface area contributed by atoms with Gasteiger partial charge in [-0.1, -0.05) is 45.3 Å². The third-order valence-corrected chi connectivity index (χ3v) is 3.56. The van der Waals surface area contributed by atoms with E-state index in [-0.39, 0.29) is 11.9 Å². The Balaban J connectivity index is 2.70. The van der Waals surface area contributed by atoms with E-state index < -0.39 is 8.07 Å². The third kappa shape index (κ3) is 4.78. The van der Waals surface area contributed by atoms with Crippen molar-refractivity contribution < 1.29 is 9.53 Å². The highest BCUT2D eigenvalue weighted by atomic mass is 28.3. The Hall–Kier alpha value is -1.01. The van der Waals surface area contributed by atoms with Crippen molar-refractivity contribution in [3.63, 3.8) is 0 Å². The van der Waals surface area contributed by atoms with E-state index in [9.17, 15) is 4.79 Å². The molecule has 0 spiro atoms. The highest BCUT2D eigenvalue weighted by molar-refractivity contribution is 6.83. The van der Waals surface area contributed by atoms with Gasteiger partial charge in [0, 0.05) is 0 Å². The number of carbonyl (C=O) groups excluding carboxylic acids is 1. The molecule has 0 aromatic carbocycles. The van der Waals surface area contributed by atoms with Crippen molar-refractivity contribution in [3.8, 4) is 11.5 Å². The van der Waals surface area contributed by atoms with Gasteiger partial charge in [0.1, 0.15) is 14.7 Å². The number of unbranched alkanes of at least 4 members (excludes halogenated alkanes) is 1. The molecule has 3 heteroatoms. The molecule has 0 bridgehead atoms. The van der Waals surface area contributed by atoms with E-state index in [2.05, 4.69) is 38.0 Å². The van der Waals surface area contributed by atoms with Crippen LogP contribution in [-0.4, -0.2) is 20.7 Å². The number of carbonyl (C=O) groups is 1. The van der Waals surface area contributed by atoms with Crippen LogP contribution in [0.4, 0.5) is 0 Å². The summed E-state index contributed by atoms with van der Waals surface area (Å²) in [5, 5.41) is 0. The molecule has 0 aliphatic carbocycles. The molecule has 94 valence electrons. The van der Waals surface area contributed by atoms with Crippen LogP contribution in [-0.2, 0) is 9.53 Å². The van der Waals surface area contributed by atoms with Gasteiger partial charge in [-0.15, -0.1) is 5.54 Å². The fraction of sp³-hybridized carbons (Fsp3) is 0.643. The highest BCUT2D eigenvalue weighted by Crippen LogP contribution is 2.26. The molecule has 0 saturated carbocycles. The summed E-state index contributed by atoms with van der Waals surface area (Å²) in [7, 11) is -1.32. The summed E-state index contributed by atoms with van der Waals surface area (Å²) < 4.78 is 5.09. The molecule has 1 saturated heterocycles. The zero-order valence-corrected chi connectivity index (χ0v) is 12.3. The van der Waals surface area contributed by atoms with Crippen LogP contribution in [0.1, 0.15) is 26.2 Å². The fourth-order valence-corrected chi connectivity index (χ4v) is 2.21. The molecule has 17 heavy (non-hydrogen) atoms. The lowest BCUT2D eigenvalue weighted by atomic mass is 9.96. The Morgan fingerprint density at radius 3 is 2.76 bits per heavy atom. The number of rotatable bonds is 3. The van der Waals surface area contributed by atoms with Crippen LogP contribution >= 0.6 is 0 Å². The van der Waals surface area contributed by atoms with Crippen LogP contribution < -0.4 is 0 Å². The molecule has 1 aliphatic heterocycles. The first-order valence-corrected chi connectivity index (χ1v) is 9.82. The quantitative estimate of drug-likeness (QED) is 0.437. The van der Waals surface area contributed by atoms with Crippen molar-refractivity contribution in [2.75, 3.05) is 6.61 Å². The first-order valence-electron chi connectivity index (χ1n) is 6.32. The van der Waals surface area contributed by atoms with Gasteiger partial charge in [-0.05, 0) is 18.1 Å². The Kier molecular flexibility index (Phi) is 5.01. The molecule has 1 aliphatic rings. The number of allylic oxidation sites excluding steroid dienone is 1. The van der Waals surface area contributed by atoms with Crippen LogP contribution in [0, 0.1) is 17.4 Å². The zero-order valence-electron chi connectivity index (χ0n) is 11.3. The topological polar surface area (TPSA) is 26.3 Å². The van der Waals surface area contributed by atoms with E-state index in [1.165, 1.54) is 0 Å². The molecule has 0 amide bonds. The SMILES string of the molecule is CCCCC1C(=O)OC/C1=C/C#C[Si](C)(C)C. The molecule has 1 rings (SSSR count). The number of cyclic esters (lactones) is 1. The predicted octanol–water partition coefficient (Wildman–Crippen LogP) is 3.16. The van der Waals surface area contributed by atoms with Crippen molar-refractivity contribution in [2.24, 2.45) is 5.92 Å². The molecular formula is C14H22O2Si. The van der Waals surface area contributed by atoms with Crippen LogP contribution in [0.3, 0.4) is 0 Å². The third-order valence-electron chi connectivity index (χ3n) is 2.66. The number of hydrogen-bond donors (Lipinski definition) is 0. The van der Waals surface area contributed by atoms with Crippen LogP contribution in [0.25, 0.3) is 0 Å². The normalized spacial score (nSPS) is 22.2. The summed E-state index contributed by atoms with van der Waals surface area (Å²) in [5.74, 6) is 3.01. The van der Waals surface area contributed by atoms with Gasteiger partial charge in [-0.25, -0.2) is 0 Å². The Labute approximate surface area is 105 Å². The predicted molar refractivity (Wildman–Crippen MR) is 73.2 cm³/mol. The largest absolute Gasteiger partial charge is 0.461 e. The van der Waals surface area contributed by atoms with Gasteiger partial charge in [-0.2, -0.15) is 0 Å². The number of esters is 1. The Morgan fingerprint density at radius 1 is 1.47 bits per heavy atom. The van der Waals surface area contributed by atoms with Gasteiger partial charge in [0.2, 0.25) is 0 Å². The Bertz CT molecular complexity index is 366. The lowest BCUT2D eigenvalue weighted by Gasteiger charge is -2.05. The van der Waals surface area contributed by atoms with E-state index in [1.807, 2.05) is 6.08 Å². The minimum atomic E-state index is -1.32. The molecule has 0 aromatic rings. The summed E-state index contributed by atoms with van der Waals surface area (Å²) in [5.41, 5.74) is 4.35. The summed E-state index contributed by atoms with van der Waals surface area (Å²) >= 11 is 0. The van der Waals surface area contributed by atoms with Gasteiger partial charge >= 0.3 is 5.97 Å². The maximum Gasteiger partial charge on any atom is 0.313 e. The minimum Gasteiger partial charge on any atom is -0.461 e. The lowest BCUT2D eigenvalue weighted by molar-refractivity contribution is -0.141. The average Bonchev–Trinajstić information content (AvgIpc) is 2.55. The second-order valence-electron chi connectivity index (χ2n) is 5.54. The first kappa shape index (κ1) is 14.0. The number of ether oxygens (including phenoxy) is 1. The lowest BCUT2D eigenvalue weighted by Crippen LogP contribution is -2.16. The van der Waals surface area contributed by atoms with Gasteiger partial charge in [0.15, 0.2) is 0 Å². The van der Waals surface area contributed by atoms with Crippen molar-refractivity contribution in [1.29, 1.82) is 0 Å². The van der Waals surface area contributed by atoms with E-state index in [0.717, 1.165) is 24.8 Å². The van der Waals surface area contributed by atoms with E-state index in [4.69, 9.17) is 4.74 Å². The molecule has 1 unspecified atom stereocenters. The maximum absolute atomic E-state index is 11.5. The molecule has 2 nitrogen and oxygen atoms in total. The highest BCUT2D eigenvalue weighted by Gasteiger charge is 2.30. The van der Waals surface area contributed by atoms with E-state index in [1.54, 1.807) is 0 Å².